The van der Waals surface area contributed by atoms with Crippen molar-refractivity contribution >= 4 is 0 Å². The highest BCUT2D eigenvalue weighted by atomic mass is 15.2. The van der Waals surface area contributed by atoms with Crippen LogP contribution in [0.25, 0.3) is 0 Å². The van der Waals surface area contributed by atoms with Crippen LogP contribution in [0.2, 0.25) is 0 Å². The first-order chi connectivity index (χ1) is 10.2. The zero-order chi connectivity index (χ0) is 14.7. The van der Waals surface area contributed by atoms with Crippen LogP contribution in [-0.2, 0) is 0 Å². The SMILES string of the molecule is CC(C)CC1CCCC(N2CCC(NCC3CC3)CC2)C1. The molecule has 2 unspecified atom stereocenters. The fourth-order valence-electron chi connectivity index (χ4n) is 4.60. The lowest BCUT2D eigenvalue weighted by Crippen LogP contribution is -2.48. The molecule has 122 valence electrons. The summed E-state index contributed by atoms with van der Waals surface area (Å²) in [5.74, 6) is 2.92. The predicted octanol–water partition coefficient (Wildman–Crippen LogP) is 4.06. The van der Waals surface area contributed by atoms with Crippen molar-refractivity contribution in [3.8, 4) is 0 Å². The van der Waals surface area contributed by atoms with Gasteiger partial charge in [-0.2, -0.15) is 0 Å². The van der Waals surface area contributed by atoms with E-state index in [0.717, 1.165) is 29.8 Å². The predicted molar refractivity (Wildman–Crippen MR) is 90.5 cm³/mol. The second-order valence-electron chi connectivity index (χ2n) is 8.48. The molecule has 1 aliphatic heterocycles. The highest BCUT2D eigenvalue weighted by molar-refractivity contribution is 4.87. The highest BCUT2D eigenvalue weighted by Gasteiger charge is 2.30. The van der Waals surface area contributed by atoms with E-state index in [-0.39, 0.29) is 0 Å². The summed E-state index contributed by atoms with van der Waals surface area (Å²) in [6.45, 7) is 8.77. The average Bonchev–Trinajstić information content (AvgIpc) is 3.29. The van der Waals surface area contributed by atoms with Crippen LogP contribution in [0.15, 0.2) is 0 Å². The Morgan fingerprint density at radius 3 is 2.38 bits per heavy atom. The number of nitrogens with zero attached hydrogens (tertiary/aromatic N) is 1. The van der Waals surface area contributed by atoms with E-state index in [1.165, 1.54) is 77.4 Å². The zero-order valence-corrected chi connectivity index (χ0v) is 14.3. The van der Waals surface area contributed by atoms with Crippen molar-refractivity contribution in [2.45, 2.75) is 83.7 Å². The third-order valence-electron chi connectivity index (χ3n) is 6.00. The topological polar surface area (TPSA) is 15.3 Å². The molecule has 0 spiro atoms. The molecular weight excluding hydrogens is 256 g/mol. The van der Waals surface area contributed by atoms with E-state index >= 15 is 0 Å². The van der Waals surface area contributed by atoms with Gasteiger partial charge in [-0.3, -0.25) is 0 Å². The summed E-state index contributed by atoms with van der Waals surface area (Å²) < 4.78 is 0. The van der Waals surface area contributed by atoms with Crippen LogP contribution >= 0.6 is 0 Å². The molecule has 21 heavy (non-hydrogen) atoms. The average molecular weight is 293 g/mol. The Morgan fingerprint density at radius 2 is 1.71 bits per heavy atom. The molecule has 3 rings (SSSR count). The largest absolute Gasteiger partial charge is 0.314 e. The van der Waals surface area contributed by atoms with Crippen LogP contribution in [0.5, 0.6) is 0 Å². The molecule has 2 saturated carbocycles. The molecule has 0 aromatic carbocycles. The summed E-state index contributed by atoms with van der Waals surface area (Å²) in [5, 5.41) is 3.82. The van der Waals surface area contributed by atoms with E-state index in [1.807, 2.05) is 0 Å². The monoisotopic (exact) mass is 292 g/mol. The molecular formula is C19H36N2. The molecule has 1 N–H and O–H groups in total. The Hall–Kier alpha value is -0.0800. The van der Waals surface area contributed by atoms with Gasteiger partial charge in [0.2, 0.25) is 0 Å². The van der Waals surface area contributed by atoms with Gasteiger partial charge in [-0.1, -0.05) is 26.7 Å². The first-order valence-electron chi connectivity index (χ1n) is 9.68. The Kier molecular flexibility index (Phi) is 5.61. The van der Waals surface area contributed by atoms with Gasteiger partial charge in [0, 0.05) is 12.1 Å². The summed E-state index contributed by atoms with van der Waals surface area (Å²) in [6.07, 6.45) is 13.1. The molecule has 2 nitrogen and oxygen atoms in total. The van der Waals surface area contributed by atoms with Crippen molar-refractivity contribution in [2.75, 3.05) is 19.6 Å². The molecule has 0 aromatic heterocycles. The van der Waals surface area contributed by atoms with Crippen LogP contribution in [0.3, 0.4) is 0 Å². The Balaban J connectivity index is 1.38. The van der Waals surface area contributed by atoms with Crippen molar-refractivity contribution in [1.29, 1.82) is 0 Å². The number of piperidine rings is 1. The third kappa shape index (κ3) is 4.96. The molecule has 2 aliphatic carbocycles. The van der Waals surface area contributed by atoms with E-state index in [1.54, 1.807) is 0 Å². The van der Waals surface area contributed by atoms with Gasteiger partial charge in [0.25, 0.3) is 0 Å². The van der Waals surface area contributed by atoms with Crippen molar-refractivity contribution in [3.63, 3.8) is 0 Å². The Morgan fingerprint density at radius 1 is 0.952 bits per heavy atom. The summed E-state index contributed by atoms with van der Waals surface area (Å²) >= 11 is 0. The molecule has 0 bridgehead atoms. The molecule has 0 amide bonds. The van der Waals surface area contributed by atoms with Gasteiger partial charge in [0.05, 0.1) is 0 Å². The second kappa shape index (κ2) is 7.46. The molecule has 1 heterocycles. The minimum absolute atomic E-state index is 0.817. The number of rotatable bonds is 6. The Bertz CT molecular complexity index is 303. The maximum atomic E-state index is 3.82. The Labute approximate surface area is 132 Å². The van der Waals surface area contributed by atoms with Crippen molar-refractivity contribution in [1.82, 2.24) is 10.2 Å². The molecule has 1 saturated heterocycles. The van der Waals surface area contributed by atoms with E-state index in [4.69, 9.17) is 0 Å². The minimum Gasteiger partial charge on any atom is -0.314 e. The molecule has 2 heteroatoms. The summed E-state index contributed by atoms with van der Waals surface area (Å²) in [5.41, 5.74) is 0. The van der Waals surface area contributed by atoms with Gasteiger partial charge in [-0.25, -0.2) is 0 Å². The summed E-state index contributed by atoms with van der Waals surface area (Å²) in [7, 11) is 0. The highest BCUT2D eigenvalue weighted by Crippen LogP contribution is 2.33. The lowest BCUT2D eigenvalue weighted by Gasteiger charge is -2.42. The minimum atomic E-state index is 0.817. The van der Waals surface area contributed by atoms with E-state index < -0.39 is 0 Å². The fraction of sp³-hybridized carbons (Fsp3) is 1.00. The van der Waals surface area contributed by atoms with E-state index in [9.17, 15) is 0 Å². The van der Waals surface area contributed by atoms with Crippen molar-refractivity contribution < 1.29 is 0 Å². The summed E-state index contributed by atoms with van der Waals surface area (Å²) in [6, 6.07) is 1.73. The maximum Gasteiger partial charge on any atom is 0.00979 e. The van der Waals surface area contributed by atoms with Crippen molar-refractivity contribution in [2.24, 2.45) is 17.8 Å². The smallest absolute Gasteiger partial charge is 0.00979 e. The van der Waals surface area contributed by atoms with Crippen LogP contribution in [0.1, 0.15) is 71.6 Å². The molecule has 0 radical (unpaired) electrons. The lowest BCUT2D eigenvalue weighted by atomic mass is 9.80. The van der Waals surface area contributed by atoms with Crippen LogP contribution in [-0.4, -0.2) is 36.6 Å². The van der Waals surface area contributed by atoms with Crippen LogP contribution in [0.4, 0.5) is 0 Å². The quantitative estimate of drug-likeness (QED) is 0.794. The zero-order valence-electron chi connectivity index (χ0n) is 14.3. The molecule has 3 aliphatic rings. The van der Waals surface area contributed by atoms with E-state index in [0.29, 0.717) is 0 Å². The van der Waals surface area contributed by atoms with Gasteiger partial charge in [-0.15, -0.1) is 0 Å². The third-order valence-corrected chi connectivity index (χ3v) is 6.00. The number of hydrogen-bond donors (Lipinski definition) is 1. The van der Waals surface area contributed by atoms with Crippen LogP contribution in [0, 0.1) is 17.8 Å². The number of nitrogens with one attached hydrogen (secondary N) is 1. The standard InChI is InChI=1S/C19H36N2/c1-15(2)12-17-4-3-5-19(13-17)21-10-8-18(9-11-21)20-14-16-6-7-16/h15-20H,3-14H2,1-2H3. The summed E-state index contributed by atoms with van der Waals surface area (Å²) in [4.78, 5) is 2.84. The van der Waals surface area contributed by atoms with Gasteiger partial charge in [-0.05, 0) is 82.3 Å². The second-order valence-corrected chi connectivity index (χ2v) is 8.48. The number of hydrogen-bond acceptors (Lipinski definition) is 2. The molecule has 0 aromatic rings. The van der Waals surface area contributed by atoms with E-state index in [2.05, 4.69) is 24.1 Å². The molecule has 2 atom stereocenters. The first kappa shape index (κ1) is 15.8. The maximum absolute atomic E-state index is 3.82. The number of likely N-dealkylation sites (tertiary alicyclic amines) is 1. The lowest BCUT2D eigenvalue weighted by molar-refractivity contribution is 0.0919. The van der Waals surface area contributed by atoms with Gasteiger partial charge < -0.3 is 10.2 Å². The normalized spacial score (nSPS) is 32.7. The van der Waals surface area contributed by atoms with Crippen molar-refractivity contribution in [3.05, 3.63) is 0 Å². The van der Waals surface area contributed by atoms with Gasteiger partial charge in [0.1, 0.15) is 0 Å². The van der Waals surface area contributed by atoms with Crippen LogP contribution < -0.4 is 5.32 Å². The fourth-order valence-corrected chi connectivity index (χ4v) is 4.60. The first-order valence-corrected chi connectivity index (χ1v) is 9.68. The van der Waals surface area contributed by atoms with Gasteiger partial charge in [0.15, 0.2) is 0 Å². The van der Waals surface area contributed by atoms with Gasteiger partial charge >= 0.3 is 0 Å². The molecule has 3 fully saturated rings.